The van der Waals surface area contributed by atoms with Crippen LogP contribution in [-0.4, -0.2) is 54.5 Å². The van der Waals surface area contributed by atoms with E-state index in [1.807, 2.05) is 41.3 Å². The van der Waals surface area contributed by atoms with Crippen LogP contribution in [0, 0.1) is 11.3 Å². The first-order valence-corrected chi connectivity index (χ1v) is 16.7. The predicted molar refractivity (Wildman–Crippen MR) is 182 cm³/mol. The van der Waals surface area contributed by atoms with Crippen molar-refractivity contribution < 1.29 is 4.79 Å². The Morgan fingerprint density at radius 3 is 1.98 bits per heavy atom. The summed E-state index contributed by atoms with van der Waals surface area (Å²) in [6.07, 6.45) is 6.65. The van der Waals surface area contributed by atoms with Gasteiger partial charge in [0.25, 0.3) is 5.91 Å². The molecule has 0 aromatic heterocycles. The molecule has 1 amide bonds. The summed E-state index contributed by atoms with van der Waals surface area (Å²) in [6.45, 7) is 5.36. The molecule has 4 aromatic carbocycles. The molecule has 5 nitrogen and oxygen atoms in total. The Morgan fingerprint density at radius 1 is 0.778 bits per heavy atom. The van der Waals surface area contributed by atoms with Gasteiger partial charge in [0.2, 0.25) is 0 Å². The normalized spacial score (nSPS) is 16.0. The summed E-state index contributed by atoms with van der Waals surface area (Å²) in [5.41, 5.74) is 5.89. The molecule has 6 rings (SSSR count). The van der Waals surface area contributed by atoms with Crippen LogP contribution in [0.15, 0.2) is 109 Å². The largest absolute Gasteiger partial charge is 0.369 e. The number of amides is 1. The van der Waals surface area contributed by atoms with Crippen LogP contribution in [0.4, 0.5) is 5.69 Å². The second-order valence-corrected chi connectivity index (χ2v) is 12.5. The van der Waals surface area contributed by atoms with E-state index >= 15 is 0 Å². The maximum absolute atomic E-state index is 14.2. The number of hydrogen-bond donors (Lipinski definition) is 0. The predicted octanol–water partition coefficient (Wildman–Crippen LogP) is 7.88. The first kappa shape index (κ1) is 30.6. The minimum absolute atomic E-state index is 0.0179. The standard InChI is InChI=1S/C40H44N4O/c41-30-35-21-22-37(29-39(35)40(45)44(36-19-11-4-12-20-36)31-32-13-5-1-6-14-32)43-27-25-42(26-28-43)24-23-38(33-15-7-2-8-16-33)34-17-9-3-10-18-34/h1-3,5-10,13-18,21-22,29,36,38H,4,11-12,19-20,23-28,31H2. The van der Waals surface area contributed by atoms with E-state index in [0.29, 0.717) is 23.6 Å². The molecule has 2 fully saturated rings. The Labute approximate surface area is 268 Å². The van der Waals surface area contributed by atoms with Crippen LogP contribution in [0.3, 0.4) is 0 Å². The molecule has 0 N–H and O–H groups in total. The molecule has 1 saturated heterocycles. The van der Waals surface area contributed by atoms with Gasteiger partial charge >= 0.3 is 0 Å². The number of rotatable bonds is 10. The first-order chi connectivity index (χ1) is 22.2. The van der Waals surface area contributed by atoms with E-state index in [1.54, 1.807) is 0 Å². The van der Waals surface area contributed by atoms with Crippen molar-refractivity contribution in [2.75, 3.05) is 37.6 Å². The number of nitrogens with zero attached hydrogens (tertiary/aromatic N) is 4. The summed E-state index contributed by atoms with van der Waals surface area (Å²) >= 11 is 0. The van der Waals surface area contributed by atoms with E-state index in [2.05, 4.69) is 88.7 Å². The highest BCUT2D eigenvalue weighted by molar-refractivity contribution is 5.98. The van der Waals surface area contributed by atoms with Crippen molar-refractivity contribution in [3.05, 3.63) is 137 Å². The highest BCUT2D eigenvalue weighted by Crippen LogP contribution is 2.30. The lowest BCUT2D eigenvalue weighted by Crippen LogP contribution is -2.47. The quantitative estimate of drug-likeness (QED) is 0.187. The molecule has 0 bridgehead atoms. The topological polar surface area (TPSA) is 50.6 Å². The molecule has 1 aliphatic carbocycles. The van der Waals surface area contributed by atoms with Gasteiger partial charge in [0.15, 0.2) is 0 Å². The van der Waals surface area contributed by atoms with Gasteiger partial charge in [-0.3, -0.25) is 9.69 Å². The summed E-state index contributed by atoms with van der Waals surface area (Å²) in [7, 11) is 0. The summed E-state index contributed by atoms with van der Waals surface area (Å²) in [6, 6.07) is 40.3. The molecule has 4 aromatic rings. The van der Waals surface area contributed by atoms with Gasteiger partial charge in [-0.1, -0.05) is 110 Å². The van der Waals surface area contributed by atoms with Gasteiger partial charge in [-0.2, -0.15) is 5.26 Å². The Hall–Kier alpha value is -4.40. The van der Waals surface area contributed by atoms with E-state index in [9.17, 15) is 10.1 Å². The van der Waals surface area contributed by atoms with Crippen LogP contribution in [0.1, 0.15) is 77.1 Å². The number of benzene rings is 4. The lowest BCUT2D eigenvalue weighted by Gasteiger charge is -2.37. The van der Waals surface area contributed by atoms with Crippen molar-refractivity contribution in [1.82, 2.24) is 9.80 Å². The SMILES string of the molecule is N#Cc1ccc(N2CCN(CCC(c3ccccc3)c3ccccc3)CC2)cc1C(=O)N(Cc1ccccc1)C1CCCCC1. The number of hydrogen-bond acceptors (Lipinski definition) is 4. The lowest BCUT2D eigenvalue weighted by atomic mass is 9.88. The van der Waals surface area contributed by atoms with Gasteiger partial charge in [-0.15, -0.1) is 0 Å². The minimum atomic E-state index is -0.0179. The second kappa shape index (κ2) is 15.1. The van der Waals surface area contributed by atoms with Crippen LogP contribution < -0.4 is 4.90 Å². The number of carbonyl (C=O) groups excluding carboxylic acids is 1. The molecule has 0 radical (unpaired) electrons. The molecule has 2 aliphatic rings. The van der Waals surface area contributed by atoms with Gasteiger partial charge < -0.3 is 9.80 Å². The van der Waals surface area contributed by atoms with Gasteiger partial charge in [0.1, 0.15) is 0 Å². The van der Waals surface area contributed by atoms with Crippen molar-refractivity contribution in [3.8, 4) is 6.07 Å². The molecule has 0 atom stereocenters. The zero-order valence-electron chi connectivity index (χ0n) is 26.2. The third-order valence-corrected chi connectivity index (χ3v) is 9.70. The number of carbonyl (C=O) groups is 1. The smallest absolute Gasteiger partial charge is 0.255 e. The molecule has 230 valence electrons. The number of nitriles is 1. The maximum Gasteiger partial charge on any atom is 0.255 e. The highest BCUT2D eigenvalue weighted by Gasteiger charge is 2.29. The second-order valence-electron chi connectivity index (χ2n) is 12.5. The Kier molecular flexibility index (Phi) is 10.2. The van der Waals surface area contributed by atoms with Crippen molar-refractivity contribution in [2.45, 2.75) is 57.0 Å². The summed E-state index contributed by atoms with van der Waals surface area (Å²) < 4.78 is 0. The van der Waals surface area contributed by atoms with E-state index in [0.717, 1.165) is 76.1 Å². The van der Waals surface area contributed by atoms with E-state index in [1.165, 1.54) is 17.5 Å². The third kappa shape index (κ3) is 7.64. The van der Waals surface area contributed by atoms with Crippen molar-refractivity contribution >= 4 is 11.6 Å². The van der Waals surface area contributed by atoms with Gasteiger partial charge in [0, 0.05) is 50.4 Å². The van der Waals surface area contributed by atoms with Crippen molar-refractivity contribution in [3.63, 3.8) is 0 Å². The molecule has 45 heavy (non-hydrogen) atoms. The van der Waals surface area contributed by atoms with Crippen LogP contribution >= 0.6 is 0 Å². The maximum atomic E-state index is 14.2. The highest BCUT2D eigenvalue weighted by atomic mass is 16.2. The first-order valence-electron chi connectivity index (χ1n) is 16.7. The molecule has 1 saturated carbocycles. The fourth-order valence-corrected chi connectivity index (χ4v) is 7.14. The Balaban J connectivity index is 1.14. The zero-order valence-corrected chi connectivity index (χ0v) is 26.2. The minimum Gasteiger partial charge on any atom is -0.369 e. The lowest BCUT2D eigenvalue weighted by molar-refractivity contribution is 0.0614. The molecular formula is C40H44N4O. The van der Waals surface area contributed by atoms with Gasteiger partial charge in [0.05, 0.1) is 17.2 Å². The summed E-state index contributed by atoms with van der Waals surface area (Å²) in [5, 5.41) is 10.0. The zero-order chi connectivity index (χ0) is 30.8. The van der Waals surface area contributed by atoms with Crippen LogP contribution in [0.25, 0.3) is 0 Å². The van der Waals surface area contributed by atoms with Crippen LogP contribution in [0.5, 0.6) is 0 Å². The van der Waals surface area contributed by atoms with Crippen molar-refractivity contribution in [1.29, 1.82) is 5.26 Å². The fraction of sp³-hybridized carbons (Fsp3) is 0.350. The average molecular weight is 597 g/mol. The average Bonchev–Trinajstić information content (AvgIpc) is 3.12. The Bertz CT molecular complexity index is 1510. The Morgan fingerprint density at radius 2 is 1.38 bits per heavy atom. The molecule has 0 spiro atoms. The summed E-state index contributed by atoms with van der Waals surface area (Å²) in [4.78, 5) is 21.2. The van der Waals surface area contributed by atoms with E-state index < -0.39 is 0 Å². The molecule has 0 unspecified atom stereocenters. The fourth-order valence-electron chi connectivity index (χ4n) is 7.14. The molecular weight excluding hydrogens is 552 g/mol. The number of anilines is 1. The molecule has 1 aliphatic heterocycles. The van der Waals surface area contributed by atoms with Gasteiger partial charge in [-0.05, 0) is 60.7 Å². The van der Waals surface area contributed by atoms with E-state index in [-0.39, 0.29) is 11.9 Å². The van der Waals surface area contributed by atoms with Crippen LogP contribution in [0.2, 0.25) is 0 Å². The van der Waals surface area contributed by atoms with Gasteiger partial charge in [-0.25, -0.2) is 0 Å². The van der Waals surface area contributed by atoms with E-state index in [4.69, 9.17) is 0 Å². The third-order valence-electron chi connectivity index (χ3n) is 9.70. The molecule has 5 heteroatoms. The molecule has 1 heterocycles. The number of piperazine rings is 1. The van der Waals surface area contributed by atoms with Crippen LogP contribution in [-0.2, 0) is 6.54 Å². The summed E-state index contributed by atoms with van der Waals surface area (Å²) in [5.74, 6) is 0.358. The monoisotopic (exact) mass is 596 g/mol. The van der Waals surface area contributed by atoms with Crippen molar-refractivity contribution in [2.24, 2.45) is 0 Å².